The molecule has 0 unspecified atom stereocenters. The fourth-order valence-corrected chi connectivity index (χ4v) is 3.51. The Kier molecular flexibility index (Phi) is 6.06. The molecule has 1 saturated heterocycles. The Balaban J connectivity index is 1.44. The molecule has 0 radical (unpaired) electrons. The molecule has 0 spiro atoms. The van der Waals surface area contributed by atoms with Gasteiger partial charge in [0.1, 0.15) is 17.5 Å². The van der Waals surface area contributed by atoms with E-state index in [1.54, 1.807) is 24.3 Å². The standard InChI is InChI=1S/C23H23F2N5O/c1-15-13-21(29-23(26-15)30-11-3-2-4-12-30)27-17-6-8-18(9-7-17)28-22(31)19-10-5-16(24)14-20(19)25/h5-10,13-14H,2-4,11-12H2,1H3,(H,28,31)(H,26,27,29). The maximum atomic E-state index is 13.8. The van der Waals surface area contributed by atoms with E-state index in [0.29, 0.717) is 17.6 Å². The first-order chi connectivity index (χ1) is 15.0. The van der Waals surface area contributed by atoms with E-state index in [2.05, 4.69) is 25.5 Å². The highest BCUT2D eigenvalue weighted by atomic mass is 19.1. The SMILES string of the molecule is Cc1cc(Nc2ccc(NC(=O)c3ccc(F)cc3F)cc2)nc(N2CCCCC2)n1. The highest BCUT2D eigenvalue weighted by Crippen LogP contribution is 2.22. The van der Waals surface area contributed by atoms with Gasteiger partial charge in [0.05, 0.1) is 5.56 Å². The third-order valence-corrected chi connectivity index (χ3v) is 5.07. The Bertz CT molecular complexity index is 1080. The number of nitrogens with zero attached hydrogens (tertiary/aromatic N) is 3. The quantitative estimate of drug-likeness (QED) is 0.601. The van der Waals surface area contributed by atoms with Gasteiger partial charge in [-0.25, -0.2) is 13.8 Å². The summed E-state index contributed by atoms with van der Waals surface area (Å²) in [6.45, 7) is 3.87. The maximum Gasteiger partial charge on any atom is 0.258 e. The molecule has 3 aromatic rings. The van der Waals surface area contributed by atoms with Crippen molar-refractivity contribution in [3.05, 3.63) is 71.4 Å². The Hall–Kier alpha value is -3.55. The topological polar surface area (TPSA) is 70.2 Å². The van der Waals surface area contributed by atoms with Crippen molar-refractivity contribution in [3.63, 3.8) is 0 Å². The second-order valence-electron chi connectivity index (χ2n) is 7.52. The van der Waals surface area contributed by atoms with Gasteiger partial charge in [-0.2, -0.15) is 4.98 Å². The minimum Gasteiger partial charge on any atom is -0.341 e. The van der Waals surface area contributed by atoms with Gasteiger partial charge in [0.15, 0.2) is 0 Å². The van der Waals surface area contributed by atoms with Crippen molar-refractivity contribution in [2.75, 3.05) is 28.6 Å². The fraction of sp³-hybridized carbons (Fsp3) is 0.261. The number of anilines is 4. The molecular weight excluding hydrogens is 400 g/mol. The summed E-state index contributed by atoms with van der Waals surface area (Å²) in [7, 11) is 0. The van der Waals surface area contributed by atoms with Gasteiger partial charge < -0.3 is 15.5 Å². The lowest BCUT2D eigenvalue weighted by Crippen LogP contribution is -2.31. The lowest BCUT2D eigenvalue weighted by Gasteiger charge is -2.27. The predicted molar refractivity (Wildman–Crippen MR) is 117 cm³/mol. The Morgan fingerprint density at radius 2 is 1.65 bits per heavy atom. The second-order valence-corrected chi connectivity index (χ2v) is 7.52. The zero-order valence-corrected chi connectivity index (χ0v) is 17.2. The smallest absolute Gasteiger partial charge is 0.258 e. The maximum absolute atomic E-state index is 13.8. The molecule has 0 bridgehead atoms. The monoisotopic (exact) mass is 423 g/mol. The van der Waals surface area contributed by atoms with Crippen LogP contribution in [0.1, 0.15) is 35.3 Å². The van der Waals surface area contributed by atoms with Gasteiger partial charge in [-0.05, 0) is 62.6 Å². The molecule has 4 rings (SSSR count). The minimum absolute atomic E-state index is 0.217. The molecule has 1 aromatic heterocycles. The van der Waals surface area contributed by atoms with E-state index in [4.69, 9.17) is 0 Å². The first-order valence-electron chi connectivity index (χ1n) is 10.2. The third-order valence-electron chi connectivity index (χ3n) is 5.07. The Morgan fingerprint density at radius 1 is 0.935 bits per heavy atom. The van der Waals surface area contributed by atoms with Gasteiger partial charge in [0.2, 0.25) is 5.95 Å². The molecule has 0 saturated carbocycles. The van der Waals surface area contributed by atoms with Gasteiger partial charge >= 0.3 is 0 Å². The molecule has 2 heterocycles. The van der Waals surface area contributed by atoms with Crippen LogP contribution in [0.3, 0.4) is 0 Å². The van der Waals surface area contributed by atoms with Crippen molar-refractivity contribution >= 4 is 29.0 Å². The molecule has 1 aliphatic rings. The van der Waals surface area contributed by atoms with Crippen LogP contribution >= 0.6 is 0 Å². The first-order valence-corrected chi connectivity index (χ1v) is 10.2. The van der Waals surface area contributed by atoms with E-state index < -0.39 is 17.5 Å². The molecule has 2 aromatic carbocycles. The number of rotatable bonds is 5. The van der Waals surface area contributed by atoms with Crippen molar-refractivity contribution in [2.24, 2.45) is 0 Å². The molecule has 0 aliphatic carbocycles. The van der Waals surface area contributed by atoms with Gasteiger partial charge in [-0.1, -0.05) is 0 Å². The number of aryl methyl sites for hydroxylation is 1. The normalized spacial score (nSPS) is 13.7. The summed E-state index contributed by atoms with van der Waals surface area (Å²) < 4.78 is 26.8. The summed E-state index contributed by atoms with van der Waals surface area (Å²) in [6, 6.07) is 11.7. The zero-order valence-electron chi connectivity index (χ0n) is 17.2. The number of carbonyl (C=O) groups is 1. The molecule has 160 valence electrons. The Labute approximate surface area is 179 Å². The van der Waals surface area contributed by atoms with Crippen molar-refractivity contribution in [2.45, 2.75) is 26.2 Å². The van der Waals surface area contributed by atoms with Crippen molar-refractivity contribution in [3.8, 4) is 0 Å². The highest BCUT2D eigenvalue weighted by Gasteiger charge is 2.15. The number of hydrogen-bond acceptors (Lipinski definition) is 5. The van der Waals surface area contributed by atoms with Crippen LogP contribution in [-0.2, 0) is 0 Å². The summed E-state index contributed by atoms with van der Waals surface area (Å²) in [5, 5.41) is 5.87. The van der Waals surface area contributed by atoms with Crippen LogP contribution in [0.2, 0.25) is 0 Å². The first kappa shape index (κ1) is 20.7. The lowest BCUT2D eigenvalue weighted by molar-refractivity contribution is 0.102. The summed E-state index contributed by atoms with van der Waals surface area (Å²) in [5.41, 5.74) is 1.94. The van der Waals surface area contributed by atoms with E-state index in [0.717, 1.165) is 55.4 Å². The van der Waals surface area contributed by atoms with Crippen LogP contribution < -0.4 is 15.5 Å². The van der Waals surface area contributed by atoms with Crippen LogP contribution in [0.15, 0.2) is 48.5 Å². The number of halogens is 2. The number of piperidine rings is 1. The van der Waals surface area contributed by atoms with E-state index in [1.165, 1.54) is 6.42 Å². The molecule has 1 fully saturated rings. The number of nitrogens with one attached hydrogen (secondary N) is 2. The largest absolute Gasteiger partial charge is 0.341 e. The number of hydrogen-bond donors (Lipinski definition) is 2. The van der Waals surface area contributed by atoms with Crippen molar-refractivity contribution in [1.29, 1.82) is 0 Å². The molecule has 2 N–H and O–H groups in total. The third kappa shape index (κ3) is 5.14. The van der Waals surface area contributed by atoms with E-state index in [9.17, 15) is 13.6 Å². The van der Waals surface area contributed by atoms with Crippen molar-refractivity contribution < 1.29 is 13.6 Å². The van der Waals surface area contributed by atoms with Crippen LogP contribution in [0.4, 0.5) is 31.9 Å². The van der Waals surface area contributed by atoms with E-state index in [-0.39, 0.29) is 5.56 Å². The number of amides is 1. The number of aromatic nitrogens is 2. The fourth-order valence-electron chi connectivity index (χ4n) is 3.51. The molecule has 1 amide bonds. The molecule has 6 nitrogen and oxygen atoms in total. The minimum atomic E-state index is -0.903. The van der Waals surface area contributed by atoms with E-state index >= 15 is 0 Å². The van der Waals surface area contributed by atoms with Crippen LogP contribution in [0, 0.1) is 18.6 Å². The summed E-state index contributed by atoms with van der Waals surface area (Å²) in [4.78, 5) is 23.6. The molecule has 1 aliphatic heterocycles. The number of carbonyl (C=O) groups excluding carboxylic acids is 1. The zero-order chi connectivity index (χ0) is 21.8. The highest BCUT2D eigenvalue weighted by molar-refractivity contribution is 6.04. The predicted octanol–water partition coefficient (Wildman–Crippen LogP) is 5.05. The van der Waals surface area contributed by atoms with Gasteiger partial charge in [-0.3, -0.25) is 4.79 Å². The second kappa shape index (κ2) is 9.07. The van der Waals surface area contributed by atoms with Crippen molar-refractivity contribution in [1.82, 2.24) is 9.97 Å². The number of benzene rings is 2. The summed E-state index contributed by atoms with van der Waals surface area (Å²) >= 11 is 0. The van der Waals surface area contributed by atoms with Gasteiger partial charge in [-0.15, -0.1) is 0 Å². The molecule has 31 heavy (non-hydrogen) atoms. The van der Waals surface area contributed by atoms with Gasteiger partial charge in [0, 0.05) is 42.3 Å². The van der Waals surface area contributed by atoms with E-state index in [1.807, 2.05) is 13.0 Å². The molecule has 8 heteroatoms. The van der Waals surface area contributed by atoms with Gasteiger partial charge in [0.25, 0.3) is 5.91 Å². The average molecular weight is 423 g/mol. The Morgan fingerprint density at radius 3 is 2.35 bits per heavy atom. The average Bonchev–Trinajstić information content (AvgIpc) is 2.75. The molecular formula is C23H23F2N5O. The molecule has 0 atom stereocenters. The summed E-state index contributed by atoms with van der Waals surface area (Å²) in [6.07, 6.45) is 3.54. The summed E-state index contributed by atoms with van der Waals surface area (Å²) in [5.74, 6) is -0.853. The van der Waals surface area contributed by atoms with Crippen LogP contribution in [-0.4, -0.2) is 29.0 Å². The lowest BCUT2D eigenvalue weighted by atomic mass is 10.1. The van der Waals surface area contributed by atoms with Crippen LogP contribution in [0.5, 0.6) is 0 Å². The van der Waals surface area contributed by atoms with Crippen LogP contribution in [0.25, 0.3) is 0 Å².